The van der Waals surface area contributed by atoms with E-state index in [0.717, 1.165) is 35.3 Å². The quantitative estimate of drug-likeness (QED) is 0.569. The van der Waals surface area contributed by atoms with Crippen LogP contribution in [0.4, 0.5) is 5.82 Å². The lowest BCUT2D eigenvalue weighted by atomic mass is 10.1. The molecule has 1 fully saturated rings. The minimum absolute atomic E-state index is 0.425. The van der Waals surface area contributed by atoms with E-state index < -0.39 is 0 Å². The third-order valence-electron chi connectivity index (χ3n) is 4.45. The van der Waals surface area contributed by atoms with Crippen molar-refractivity contribution < 1.29 is 0 Å². The molecule has 0 radical (unpaired) electrons. The van der Waals surface area contributed by atoms with Crippen molar-refractivity contribution in [3.05, 3.63) is 55.4 Å². The Kier molecular flexibility index (Phi) is 2.58. The predicted octanol–water partition coefficient (Wildman–Crippen LogP) is 2.44. The average molecular weight is 302 g/mol. The molecule has 4 aromatic rings. The number of hydrogen-bond acceptors (Lipinski definition) is 5. The Morgan fingerprint density at radius 1 is 0.957 bits per heavy atom. The largest absolute Gasteiger partial charge is 0.352 e. The number of imidazole rings is 1. The Bertz CT molecular complexity index is 997. The molecule has 6 heteroatoms. The lowest BCUT2D eigenvalue weighted by Crippen LogP contribution is -2.48. The maximum atomic E-state index is 4.48. The summed E-state index contributed by atoms with van der Waals surface area (Å²) in [4.78, 5) is 19.6. The Labute approximate surface area is 132 Å². The molecule has 0 atom stereocenters. The highest BCUT2D eigenvalue weighted by atomic mass is 15.3. The second kappa shape index (κ2) is 4.74. The Hall–Kier alpha value is -3.02. The van der Waals surface area contributed by atoms with E-state index in [1.807, 2.05) is 24.5 Å². The molecule has 0 N–H and O–H groups in total. The lowest BCUT2D eigenvalue weighted by Gasteiger charge is -2.41. The van der Waals surface area contributed by atoms with E-state index in [1.165, 1.54) is 5.52 Å². The van der Waals surface area contributed by atoms with E-state index in [4.69, 9.17) is 0 Å². The summed E-state index contributed by atoms with van der Waals surface area (Å²) < 4.78 is 2.26. The van der Waals surface area contributed by atoms with Crippen molar-refractivity contribution in [1.29, 1.82) is 0 Å². The van der Waals surface area contributed by atoms with Gasteiger partial charge in [-0.15, -0.1) is 0 Å². The van der Waals surface area contributed by atoms with Crippen LogP contribution >= 0.6 is 0 Å². The summed E-state index contributed by atoms with van der Waals surface area (Å²) in [6, 6.07) is 10.7. The molecule has 4 heterocycles. The summed E-state index contributed by atoms with van der Waals surface area (Å²) in [7, 11) is 0. The van der Waals surface area contributed by atoms with Gasteiger partial charge in [-0.3, -0.25) is 4.98 Å². The van der Waals surface area contributed by atoms with Gasteiger partial charge in [-0.1, -0.05) is 12.1 Å². The number of anilines is 1. The molecule has 1 aliphatic rings. The van der Waals surface area contributed by atoms with Crippen LogP contribution in [0.3, 0.4) is 0 Å². The van der Waals surface area contributed by atoms with E-state index in [9.17, 15) is 0 Å². The van der Waals surface area contributed by atoms with Gasteiger partial charge in [0, 0.05) is 24.7 Å². The fraction of sp³-hybridized carbons (Fsp3) is 0.176. The molecule has 1 aliphatic heterocycles. The van der Waals surface area contributed by atoms with Crippen molar-refractivity contribution in [1.82, 2.24) is 24.5 Å². The van der Waals surface area contributed by atoms with Gasteiger partial charge < -0.3 is 9.47 Å². The molecule has 0 unspecified atom stereocenters. The van der Waals surface area contributed by atoms with E-state index in [0.29, 0.717) is 6.04 Å². The van der Waals surface area contributed by atoms with Gasteiger partial charge in [-0.25, -0.2) is 15.0 Å². The minimum Gasteiger partial charge on any atom is -0.352 e. The molecular formula is C17H14N6. The summed E-state index contributed by atoms with van der Waals surface area (Å²) in [5, 5.41) is 1.05. The predicted molar refractivity (Wildman–Crippen MR) is 88.3 cm³/mol. The summed E-state index contributed by atoms with van der Waals surface area (Å²) in [6.45, 7) is 1.85. The smallest absolute Gasteiger partial charge is 0.140 e. The number of para-hydroxylation sites is 2. The van der Waals surface area contributed by atoms with Gasteiger partial charge in [0.1, 0.15) is 12.1 Å². The van der Waals surface area contributed by atoms with Crippen LogP contribution in [0.1, 0.15) is 6.04 Å². The van der Waals surface area contributed by atoms with Gasteiger partial charge in [0.25, 0.3) is 0 Å². The summed E-state index contributed by atoms with van der Waals surface area (Å²) in [5.74, 6) is 0.984. The van der Waals surface area contributed by atoms with E-state index >= 15 is 0 Å². The Morgan fingerprint density at radius 3 is 2.83 bits per heavy atom. The highest BCUT2D eigenvalue weighted by Crippen LogP contribution is 2.32. The molecule has 6 nitrogen and oxygen atoms in total. The first-order chi connectivity index (χ1) is 11.4. The van der Waals surface area contributed by atoms with Crippen molar-refractivity contribution in [3.8, 4) is 0 Å². The van der Waals surface area contributed by atoms with Crippen molar-refractivity contribution >= 4 is 27.8 Å². The first-order valence-electron chi connectivity index (χ1n) is 7.61. The summed E-state index contributed by atoms with van der Waals surface area (Å²) >= 11 is 0. The lowest BCUT2D eigenvalue weighted by molar-refractivity contribution is 0.406. The van der Waals surface area contributed by atoms with Crippen LogP contribution in [0.2, 0.25) is 0 Å². The van der Waals surface area contributed by atoms with Gasteiger partial charge in [-0.05, 0) is 18.2 Å². The topological polar surface area (TPSA) is 59.7 Å². The maximum Gasteiger partial charge on any atom is 0.140 e. The number of fused-ring (bicyclic) bond motifs is 2. The third kappa shape index (κ3) is 1.88. The van der Waals surface area contributed by atoms with Crippen LogP contribution in [0, 0.1) is 0 Å². The molecule has 1 aromatic carbocycles. The van der Waals surface area contributed by atoms with Crippen LogP contribution < -0.4 is 4.90 Å². The number of aromatic nitrogens is 5. The van der Waals surface area contributed by atoms with Crippen LogP contribution in [-0.4, -0.2) is 37.6 Å². The third-order valence-corrected chi connectivity index (χ3v) is 4.45. The number of pyridine rings is 1. The highest BCUT2D eigenvalue weighted by molar-refractivity contribution is 5.88. The summed E-state index contributed by atoms with van der Waals surface area (Å²) in [6.07, 6.45) is 7.12. The fourth-order valence-electron chi connectivity index (χ4n) is 3.22. The highest BCUT2D eigenvalue weighted by Gasteiger charge is 2.31. The number of hydrogen-bond donors (Lipinski definition) is 0. The molecule has 0 spiro atoms. The molecule has 23 heavy (non-hydrogen) atoms. The van der Waals surface area contributed by atoms with Crippen molar-refractivity contribution in [2.75, 3.05) is 18.0 Å². The molecule has 0 amide bonds. The van der Waals surface area contributed by atoms with Gasteiger partial charge in [0.05, 0.1) is 35.1 Å². The second-order valence-corrected chi connectivity index (χ2v) is 5.79. The second-order valence-electron chi connectivity index (χ2n) is 5.79. The van der Waals surface area contributed by atoms with Crippen molar-refractivity contribution in [3.63, 3.8) is 0 Å². The number of rotatable bonds is 2. The van der Waals surface area contributed by atoms with E-state index in [-0.39, 0.29) is 0 Å². The van der Waals surface area contributed by atoms with Crippen LogP contribution in [0.25, 0.3) is 21.9 Å². The standard InChI is InChI=1S/C17H14N6/c1-2-4-16-14(3-1)21-11-23(16)12-8-22(9-12)17-13-5-6-18-7-15(13)19-10-20-17/h1-7,10-12H,8-9H2. The van der Waals surface area contributed by atoms with Crippen molar-refractivity contribution in [2.24, 2.45) is 0 Å². The first kappa shape index (κ1) is 12.5. The molecule has 112 valence electrons. The number of benzene rings is 1. The molecular weight excluding hydrogens is 288 g/mol. The van der Waals surface area contributed by atoms with Crippen LogP contribution in [0.5, 0.6) is 0 Å². The molecule has 5 rings (SSSR count). The normalized spacial score (nSPS) is 15.2. The Morgan fingerprint density at radius 2 is 1.87 bits per heavy atom. The first-order valence-corrected chi connectivity index (χ1v) is 7.61. The zero-order chi connectivity index (χ0) is 15.2. The summed E-state index contributed by atoms with van der Waals surface area (Å²) in [5.41, 5.74) is 3.12. The average Bonchev–Trinajstić information content (AvgIpc) is 2.98. The number of nitrogens with zero attached hydrogens (tertiary/aromatic N) is 6. The van der Waals surface area contributed by atoms with Gasteiger partial charge in [-0.2, -0.15) is 0 Å². The molecule has 0 aliphatic carbocycles. The zero-order valence-corrected chi connectivity index (χ0v) is 12.4. The van der Waals surface area contributed by atoms with Gasteiger partial charge in [0.15, 0.2) is 0 Å². The zero-order valence-electron chi connectivity index (χ0n) is 12.4. The van der Waals surface area contributed by atoms with Crippen molar-refractivity contribution in [2.45, 2.75) is 6.04 Å². The molecule has 0 bridgehead atoms. The SMILES string of the molecule is c1ccc2c(c1)ncn2C1CN(c2ncnc3cnccc23)C1. The molecule has 3 aromatic heterocycles. The monoisotopic (exact) mass is 302 g/mol. The molecule has 1 saturated heterocycles. The molecule has 0 saturated carbocycles. The minimum atomic E-state index is 0.425. The van der Waals surface area contributed by atoms with E-state index in [2.05, 4.69) is 41.5 Å². The van der Waals surface area contributed by atoms with Gasteiger partial charge in [0.2, 0.25) is 0 Å². The fourth-order valence-corrected chi connectivity index (χ4v) is 3.22. The van der Waals surface area contributed by atoms with E-state index in [1.54, 1.807) is 18.7 Å². The Balaban J connectivity index is 1.46. The maximum absolute atomic E-state index is 4.48. The van der Waals surface area contributed by atoms with Crippen LogP contribution in [-0.2, 0) is 0 Å². The van der Waals surface area contributed by atoms with Crippen LogP contribution in [0.15, 0.2) is 55.4 Å². The van der Waals surface area contributed by atoms with Gasteiger partial charge >= 0.3 is 0 Å².